The number of nitrogens with one attached hydrogen (secondary N) is 1. The van der Waals surface area contributed by atoms with E-state index >= 15 is 0 Å². The van der Waals surface area contributed by atoms with E-state index in [2.05, 4.69) is 15.3 Å². The maximum absolute atomic E-state index is 12.1. The number of aliphatic hydroxyl groups is 1. The van der Waals surface area contributed by atoms with Crippen molar-refractivity contribution in [3.63, 3.8) is 0 Å². The van der Waals surface area contributed by atoms with E-state index in [0.29, 0.717) is 5.69 Å². The molecule has 1 aliphatic carbocycles. The molecule has 0 aliphatic heterocycles. The van der Waals surface area contributed by atoms with Gasteiger partial charge in [0, 0.05) is 24.8 Å². The molecule has 2 rings (SSSR count). The summed E-state index contributed by atoms with van der Waals surface area (Å²) in [5.41, 5.74) is 1.13. The maximum atomic E-state index is 12.1. The van der Waals surface area contributed by atoms with Gasteiger partial charge in [0.1, 0.15) is 5.69 Å². The van der Waals surface area contributed by atoms with E-state index in [1.807, 2.05) is 6.92 Å². The molecule has 1 amide bonds. The minimum Gasteiger partial charge on any atom is -0.396 e. The number of rotatable bonds is 3. The van der Waals surface area contributed by atoms with Gasteiger partial charge >= 0.3 is 0 Å². The van der Waals surface area contributed by atoms with Crippen molar-refractivity contribution in [2.75, 3.05) is 6.61 Å². The third-order valence-electron chi connectivity index (χ3n) is 3.72. The summed E-state index contributed by atoms with van der Waals surface area (Å²) in [7, 11) is 0. The Morgan fingerprint density at radius 2 is 2.11 bits per heavy atom. The zero-order valence-corrected chi connectivity index (χ0v) is 11.3. The molecule has 1 aromatic rings. The normalized spacial score (nSPS) is 23.7. The Balaban J connectivity index is 2.01. The van der Waals surface area contributed by atoms with Crippen molar-refractivity contribution < 1.29 is 9.90 Å². The zero-order chi connectivity index (χ0) is 13.7. The van der Waals surface area contributed by atoms with Crippen molar-refractivity contribution in [3.8, 4) is 0 Å². The van der Waals surface area contributed by atoms with Crippen LogP contribution in [0.4, 0.5) is 0 Å². The van der Waals surface area contributed by atoms with Gasteiger partial charge in [0.15, 0.2) is 0 Å². The summed E-state index contributed by atoms with van der Waals surface area (Å²) in [6, 6.07) is 0.0445. The largest absolute Gasteiger partial charge is 0.396 e. The van der Waals surface area contributed by atoms with Crippen LogP contribution in [0.1, 0.15) is 48.3 Å². The van der Waals surface area contributed by atoms with Crippen molar-refractivity contribution in [2.45, 2.75) is 45.1 Å². The van der Waals surface area contributed by atoms with E-state index in [-0.39, 0.29) is 24.5 Å². The Labute approximate surface area is 113 Å². The first-order chi connectivity index (χ1) is 9.20. The minimum atomic E-state index is -0.196. The fourth-order valence-corrected chi connectivity index (χ4v) is 2.55. The van der Waals surface area contributed by atoms with Crippen molar-refractivity contribution in [1.29, 1.82) is 0 Å². The van der Waals surface area contributed by atoms with Gasteiger partial charge in [-0.1, -0.05) is 19.3 Å². The topological polar surface area (TPSA) is 75.1 Å². The van der Waals surface area contributed by atoms with Gasteiger partial charge in [0.05, 0.1) is 11.9 Å². The SMILES string of the molecule is Cc1cnc(C(=O)NC2CCCCCC2CO)cn1. The molecule has 2 atom stereocenters. The number of hydrogen-bond donors (Lipinski definition) is 2. The van der Waals surface area contributed by atoms with Crippen molar-refractivity contribution in [2.24, 2.45) is 5.92 Å². The zero-order valence-electron chi connectivity index (χ0n) is 11.3. The lowest BCUT2D eigenvalue weighted by Crippen LogP contribution is -2.41. The number of carbonyl (C=O) groups excluding carboxylic acids is 1. The molecule has 1 aliphatic rings. The van der Waals surface area contributed by atoms with Gasteiger partial charge in [-0.15, -0.1) is 0 Å². The van der Waals surface area contributed by atoms with Gasteiger partial charge in [-0.2, -0.15) is 0 Å². The van der Waals surface area contributed by atoms with Crippen molar-refractivity contribution >= 4 is 5.91 Å². The standard InChI is InChI=1S/C14H21N3O2/c1-10-7-16-13(8-15-10)14(19)17-12-6-4-2-3-5-11(12)9-18/h7-8,11-12,18H,2-6,9H2,1H3,(H,17,19). The molecular formula is C14H21N3O2. The maximum Gasteiger partial charge on any atom is 0.271 e. The highest BCUT2D eigenvalue weighted by molar-refractivity contribution is 5.92. The molecule has 1 heterocycles. The molecular weight excluding hydrogens is 242 g/mol. The number of nitrogens with zero attached hydrogens (tertiary/aromatic N) is 2. The van der Waals surface area contributed by atoms with E-state index in [0.717, 1.165) is 31.4 Å². The number of carbonyl (C=O) groups is 1. The van der Waals surface area contributed by atoms with E-state index in [4.69, 9.17) is 0 Å². The molecule has 5 heteroatoms. The smallest absolute Gasteiger partial charge is 0.271 e. The van der Waals surface area contributed by atoms with Crippen LogP contribution in [-0.2, 0) is 0 Å². The van der Waals surface area contributed by atoms with Gasteiger partial charge < -0.3 is 10.4 Å². The summed E-state index contributed by atoms with van der Waals surface area (Å²) in [5.74, 6) is -0.0392. The highest BCUT2D eigenvalue weighted by atomic mass is 16.3. The van der Waals surface area contributed by atoms with Gasteiger partial charge in [-0.3, -0.25) is 9.78 Å². The first-order valence-corrected chi connectivity index (χ1v) is 6.91. The summed E-state index contributed by atoms with van der Waals surface area (Å²) in [4.78, 5) is 20.3. The van der Waals surface area contributed by atoms with Crippen LogP contribution in [0.15, 0.2) is 12.4 Å². The third kappa shape index (κ3) is 3.73. The lowest BCUT2D eigenvalue weighted by molar-refractivity contribution is 0.0894. The highest BCUT2D eigenvalue weighted by Crippen LogP contribution is 2.23. The summed E-state index contributed by atoms with van der Waals surface area (Å²) >= 11 is 0. The molecule has 1 aromatic heterocycles. The lowest BCUT2D eigenvalue weighted by atomic mass is 9.95. The molecule has 0 spiro atoms. The van der Waals surface area contributed by atoms with Gasteiger partial charge in [-0.25, -0.2) is 4.98 Å². The minimum absolute atomic E-state index is 0.0445. The Bertz CT molecular complexity index is 419. The average Bonchev–Trinajstić information content (AvgIpc) is 2.64. The second kappa shape index (κ2) is 6.61. The summed E-state index contributed by atoms with van der Waals surface area (Å²) < 4.78 is 0. The third-order valence-corrected chi connectivity index (χ3v) is 3.72. The van der Waals surface area contributed by atoms with E-state index < -0.39 is 0 Å². The quantitative estimate of drug-likeness (QED) is 0.809. The Morgan fingerprint density at radius 3 is 2.79 bits per heavy atom. The molecule has 104 valence electrons. The fourth-order valence-electron chi connectivity index (χ4n) is 2.55. The van der Waals surface area contributed by atoms with Crippen molar-refractivity contribution in [3.05, 3.63) is 23.8 Å². The van der Waals surface area contributed by atoms with Crippen LogP contribution in [0.3, 0.4) is 0 Å². The lowest BCUT2D eigenvalue weighted by Gasteiger charge is -2.24. The first-order valence-electron chi connectivity index (χ1n) is 6.91. The molecule has 0 saturated heterocycles. The Morgan fingerprint density at radius 1 is 1.32 bits per heavy atom. The van der Waals surface area contributed by atoms with Crippen LogP contribution < -0.4 is 5.32 Å². The van der Waals surface area contributed by atoms with Crippen LogP contribution >= 0.6 is 0 Å². The van der Waals surface area contributed by atoms with Crippen LogP contribution in [0.2, 0.25) is 0 Å². The van der Waals surface area contributed by atoms with Crippen LogP contribution in [0, 0.1) is 12.8 Å². The van der Waals surface area contributed by atoms with Gasteiger partial charge in [-0.05, 0) is 19.8 Å². The number of aliphatic hydroxyl groups excluding tert-OH is 1. The van der Waals surface area contributed by atoms with Gasteiger partial charge in [0.25, 0.3) is 5.91 Å². The number of hydrogen-bond acceptors (Lipinski definition) is 4. The molecule has 2 unspecified atom stereocenters. The van der Waals surface area contributed by atoms with E-state index in [1.54, 1.807) is 6.20 Å². The molecule has 5 nitrogen and oxygen atoms in total. The Hall–Kier alpha value is -1.49. The summed E-state index contributed by atoms with van der Waals surface area (Å²) in [6.07, 6.45) is 8.38. The van der Waals surface area contributed by atoms with Crippen LogP contribution in [0.5, 0.6) is 0 Å². The predicted molar refractivity (Wildman–Crippen MR) is 71.7 cm³/mol. The van der Waals surface area contributed by atoms with E-state index in [9.17, 15) is 9.90 Å². The second-order valence-electron chi connectivity index (χ2n) is 5.20. The highest BCUT2D eigenvalue weighted by Gasteiger charge is 2.25. The first kappa shape index (κ1) is 13.9. The number of aryl methyl sites for hydroxylation is 1. The predicted octanol–water partition coefficient (Wildman–Crippen LogP) is 1.46. The van der Waals surface area contributed by atoms with Crippen molar-refractivity contribution in [1.82, 2.24) is 15.3 Å². The number of aromatic nitrogens is 2. The second-order valence-corrected chi connectivity index (χ2v) is 5.20. The molecule has 0 bridgehead atoms. The van der Waals surface area contributed by atoms with E-state index in [1.165, 1.54) is 12.6 Å². The number of amides is 1. The summed E-state index contributed by atoms with van der Waals surface area (Å²) in [6.45, 7) is 1.96. The average molecular weight is 263 g/mol. The fraction of sp³-hybridized carbons (Fsp3) is 0.643. The molecule has 19 heavy (non-hydrogen) atoms. The molecule has 1 saturated carbocycles. The molecule has 0 aromatic carbocycles. The van der Waals surface area contributed by atoms with Crippen LogP contribution in [-0.4, -0.2) is 33.6 Å². The molecule has 1 fully saturated rings. The monoisotopic (exact) mass is 263 g/mol. The Kier molecular flexibility index (Phi) is 4.85. The molecule has 2 N–H and O–H groups in total. The molecule has 0 radical (unpaired) electrons. The summed E-state index contributed by atoms with van der Waals surface area (Å²) in [5, 5.41) is 12.4. The van der Waals surface area contributed by atoms with Crippen LogP contribution in [0.25, 0.3) is 0 Å². The van der Waals surface area contributed by atoms with Gasteiger partial charge in [0.2, 0.25) is 0 Å².